The summed E-state index contributed by atoms with van der Waals surface area (Å²) in [6, 6.07) is 23.9. The Morgan fingerprint density at radius 3 is 2.55 bits per heavy atom. The van der Waals surface area contributed by atoms with Crippen LogP contribution in [0, 0.1) is 5.92 Å². The molecule has 3 N–H and O–H groups in total. The zero-order valence-electron chi connectivity index (χ0n) is 22.7. The van der Waals surface area contributed by atoms with Crippen molar-refractivity contribution in [1.82, 2.24) is 10.9 Å². The highest BCUT2D eigenvalue weighted by atomic mass is 16.5. The Labute approximate surface area is 233 Å². The smallest absolute Gasteiger partial charge is 0.266 e. The van der Waals surface area contributed by atoms with Crippen LogP contribution in [0.15, 0.2) is 89.0 Å². The molecule has 10 heteroatoms. The average molecular weight is 543 g/mol. The standard InChI is InChI=1S/C30H34N6O4/c1-21(2)20-32-35-29(38)30(19-22-9-4-3-5-10-22)27(25-11-6-7-12-26(25)34-36-31)40-28(33-30)23-13-15-24(16-14-23)39-18-8-17-37/h3-7,9-16,21,27,32,37H,8,17-20H2,1-2H3,(H,35,38)/t27-,30-/m0/s1. The Morgan fingerprint density at radius 1 is 1.12 bits per heavy atom. The molecular formula is C30H34N6O4. The zero-order chi connectivity index (χ0) is 28.4. The first-order valence-corrected chi connectivity index (χ1v) is 13.3. The molecule has 0 fully saturated rings. The van der Waals surface area contributed by atoms with Gasteiger partial charge in [0.1, 0.15) is 5.75 Å². The van der Waals surface area contributed by atoms with Crippen molar-refractivity contribution in [2.45, 2.75) is 38.3 Å². The number of hydrazine groups is 1. The van der Waals surface area contributed by atoms with Crippen molar-refractivity contribution < 1.29 is 19.4 Å². The summed E-state index contributed by atoms with van der Waals surface area (Å²) in [6.07, 6.45) is -0.110. The Balaban J connectivity index is 1.80. The summed E-state index contributed by atoms with van der Waals surface area (Å²) in [5, 5.41) is 12.9. The first kappa shape index (κ1) is 28.6. The fourth-order valence-electron chi connectivity index (χ4n) is 4.46. The maximum Gasteiger partial charge on any atom is 0.266 e. The van der Waals surface area contributed by atoms with Gasteiger partial charge in [-0.1, -0.05) is 73.6 Å². The summed E-state index contributed by atoms with van der Waals surface area (Å²) >= 11 is 0. The summed E-state index contributed by atoms with van der Waals surface area (Å²) in [5.41, 5.74) is 16.2. The molecule has 1 aliphatic rings. The van der Waals surface area contributed by atoms with Crippen LogP contribution in [0.25, 0.3) is 10.4 Å². The number of aliphatic imine (C=N–C) groups is 1. The van der Waals surface area contributed by atoms with Crippen LogP contribution in [-0.4, -0.2) is 42.2 Å². The molecule has 40 heavy (non-hydrogen) atoms. The van der Waals surface area contributed by atoms with Gasteiger partial charge in [0.2, 0.25) is 5.90 Å². The second-order valence-corrected chi connectivity index (χ2v) is 9.93. The SMILES string of the molecule is CC(C)CNNC(=O)[C@@]1(Cc2ccccc2)N=C(c2ccc(OCCCO)cc2)O[C@H]1c1ccccc1N=[N+]=[N-]. The lowest BCUT2D eigenvalue weighted by atomic mass is 9.81. The van der Waals surface area contributed by atoms with E-state index < -0.39 is 11.6 Å². The minimum absolute atomic E-state index is 0.0546. The number of azide groups is 1. The van der Waals surface area contributed by atoms with Gasteiger partial charge in [-0.2, -0.15) is 0 Å². The fraction of sp³-hybridized carbons (Fsp3) is 0.333. The number of ether oxygens (including phenoxy) is 2. The molecule has 0 saturated carbocycles. The van der Waals surface area contributed by atoms with Crippen molar-refractivity contribution in [2.75, 3.05) is 19.8 Å². The maximum atomic E-state index is 14.1. The number of aliphatic hydroxyl groups is 1. The second-order valence-electron chi connectivity index (χ2n) is 9.93. The number of carbonyl (C=O) groups excluding carboxylic acids is 1. The molecule has 3 aromatic carbocycles. The lowest BCUT2D eigenvalue weighted by Crippen LogP contribution is -2.54. The largest absolute Gasteiger partial charge is 0.494 e. The van der Waals surface area contributed by atoms with Crippen LogP contribution in [0.1, 0.15) is 43.1 Å². The van der Waals surface area contributed by atoms with Gasteiger partial charge in [0.15, 0.2) is 11.6 Å². The zero-order valence-corrected chi connectivity index (χ0v) is 22.7. The van der Waals surface area contributed by atoms with Crippen LogP contribution in [-0.2, 0) is 16.0 Å². The first-order valence-electron chi connectivity index (χ1n) is 13.3. The van der Waals surface area contributed by atoms with Gasteiger partial charge in [0.05, 0.1) is 6.61 Å². The van der Waals surface area contributed by atoms with E-state index in [0.29, 0.717) is 48.1 Å². The van der Waals surface area contributed by atoms with E-state index in [-0.39, 0.29) is 24.8 Å². The monoisotopic (exact) mass is 542 g/mol. The van der Waals surface area contributed by atoms with Crippen LogP contribution < -0.4 is 15.6 Å². The van der Waals surface area contributed by atoms with Crippen molar-refractivity contribution in [1.29, 1.82) is 0 Å². The Morgan fingerprint density at radius 2 is 1.85 bits per heavy atom. The number of aliphatic hydroxyl groups excluding tert-OH is 1. The Kier molecular flexibility index (Phi) is 9.75. The molecule has 0 bridgehead atoms. The number of rotatable bonds is 13. The molecule has 208 valence electrons. The van der Waals surface area contributed by atoms with Gasteiger partial charge in [-0.25, -0.2) is 10.4 Å². The molecule has 2 atom stereocenters. The van der Waals surface area contributed by atoms with Crippen molar-refractivity contribution in [2.24, 2.45) is 16.0 Å². The number of benzene rings is 3. The van der Waals surface area contributed by atoms with Crippen LogP contribution >= 0.6 is 0 Å². The van der Waals surface area contributed by atoms with E-state index in [1.807, 2.05) is 62.4 Å². The molecule has 1 aliphatic heterocycles. The minimum atomic E-state index is -1.42. The number of nitrogens with one attached hydrogen (secondary N) is 2. The lowest BCUT2D eigenvalue weighted by Gasteiger charge is -2.31. The minimum Gasteiger partial charge on any atom is -0.494 e. The summed E-state index contributed by atoms with van der Waals surface area (Å²) in [4.78, 5) is 22.1. The molecule has 10 nitrogen and oxygen atoms in total. The molecule has 0 aliphatic carbocycles. The van der Waals surface area contributed by atoms with Gasteiger partial charge >= 0.3 is 0 Å². The van der Waals surface area contributed by atoms with Crippen LogP contribution in [0.3, 0.4) is 0 Å². The number of amides is 1. The second kappa shape index (κ2) is 13.6. The highest BCUT2D eigenvalue weighted by Crippen LogP contribution is 2.45. The van der Waals surface area contributed by atoms with Crippen molar-refractivity contribution in [3.8, 4) is 5.75 Å². The van der Waals surface area contributed by atoms with Crippen LogP contribution in [0.4, 0.5) is 5.69 Å². The average Bonchev–Trinajstić information content (AvgIpc) is 3.34. The number of carbonyl (C=O) groups is 1. The summed E-state index contributed by atoms with van der Waals surface area (Å²) < 4.78 is 12.2. The quantitative estimate of drug-likeness (QED) is 0.0899. The summed E-state index contributed by atoms with van der Waals surface area (Å²) in [6.45, 7) is 5.12. The third kappa shape index (κ3) is 6.79. The fourth-order valence-corrected chi connectivity index (χ4v) is 4.46. The Bertz CT molecular complexity index is 1360. The van der Waals surface area contributed by atoms with E-state index in [9.17, 15) is 10.3 Å². The molecule has 0 unspecified atom stereocenters. The van der Waals surface area contributed by atoms with Crippen LogP contribution in [0.2, 0.25) is 0 Å². The van der Waals surface area contributed by atoms with E-state index in [1.54, 1.807) is 30.3 Å². The molecule has 0 saturated heterocycles. The van der Waals surface area contributed by atoms with Gasteiger partial charge in [-0.05, 0) is 41.3 Å². The third-order valence-corrected chi connectivity index (χ3v) is 6.43. The van der Waals surface area contributed by atoms with Gasteiger partial charge in [-0.3, -0.25) is 10.2 Å². The number of nitrogens with zero attached hydrogens (tertiary/aromatic N) is 4. The molecule has 4 rings (SSSR count). The highest BCUT2D eigenvalue weighted by Gasteiger charge is 2.54. The highest BCUT2D eigenvalue weighted by molar-refractivity contribution is 6.01. The molecule has 0 radical (unpaired) electrons. The predicted octanol–water partition coefficient (Wildman–Crippen LogP) is 5.17. The van der Waals surface area contributed by atoms with E-state index in [0.717, 1.165) is 5.56 Å². The van der Waals surface area contributed by atoms with E-state index >= 15 is 0 Å². The van der Waals surface area contributed by atoms with Gasteiger partial charge in [0.25, 0.3) is 5.91 Å². The normalized spacial score (nSPS) is 18.0. The topological polar surface area (TPSA) is 141 Å². The van der Waals surface area contributed by atoms with E-state index in [1.165, 1.54) is 0 Å². The third-order valence-electron chi connectivity index (χ3n) is 6.43. The lowest BCUT2D eigenvalue weighted by molar-refractivity contribution is -0.130. The maximum absolute atomic E-state index is 14.1. The van der Waals surface area contributed by atoms with Gasteiger partial charge in [-0.15, -0.1) is 0 Å². The van der Waals surface area contributed by atoms with Crippen LogP contribution in [0.5, 0.6) is 5.75 Å². The molecule has 0 spiro atoms. The molecule has 1 heterocycles. The predicted molar refractivity (Wildman–Crippen MR) is 153 cm³/mol. The molecule has 3 aromatic rings. The van der Waals surface area contributed by atoms with Crippen molar-refractivity contribution in [3.63, 3.8) is 0 Å². The summed E-state index contributed by atoms with van der Waals surface area (Å²) in [7, 11) is 0. The first-order chi connectivity index (χ1) is 19.5. The van der Waals surface area contributed by atoms with Gasteiger partial charge < -0.3 is 14.6 Å². The Hall–Kier alpha value is -4.37. The molecule has 0 aromatic heterocycles. The number of hydrogen-bond donors (Lipinski definition) is 3. The van der Waals surface area contributed by atoms with E-state index in [2.05, 4.69) is 20.9 Å². The molecule has 1 amide bonds. The number of hydrogen-bond acceptors (Lipinski definition) is 7. The van der Waals surface area contributed by atoms with Crippen molar-refractivity contribution >= 4 is 17.5 Å². The van der Waals surface area contributed by atoms with Crippen molar-refractivity contribution in [3.05, 3.63) is 106 Å². The van der Waals surface area contributed by atoms with E-state index in [4.69, 9.17) is 19.6 Å². The summed E-state index contributed by atoms with van der Waals surface area (Å²) in [5.74, 6) is 0.880. The van der Waals surface area contributed by atoms with Gasteiger partial charge in [0, 0.05) is 47.7 Å². The molecular weight excluding hydrogens is 508 g/mol.